The Labute approximate surface area is 157 Å². The summed E-state index contributed by atoms with van der Waals surface area (Å²) in [5.41, 5.74) is -0.327. The van der Waals surface area contributed by atoms with E-state index in [1.54, 1.807) is 6.07 Å². The van der Waals surface area contributed by atoms with Gasteiger partial charge in [-0.05, 0) is 35.4 Å². The Bertz CT molecular complexity index is 1060. The summed E-state index contributed by atoms with van der Waals surface area (Å²) in [5.74, 6) is 0. The molecule has 0 spiro atoms. The van der Waals surface area contributed by atoms with Gasteiger partial charge in [0.15, 0.2) is 0 Å². The fourth-order valence-corrected chi connectivity index (χ4v) is 3.55. The van der Waals surface area contributed by atoms with Crippen LogP contribution in [0.4, 0.5) is 8.78 Å². The molecule has 2 aromatic carbocycles. The topological polar surface area (TPSA) is 88.8 Å². The molecule has 0 unspecified atom stereocenters. The van der Waals surface area contributed by atoms with E-state index in [0.29, 0.717) is 10.6 Å². The first-order chi connectivity index (χ1) is 12.1. The van der Waals surface area contributed by atoms with E-state index in [1.165, 1.54) is 42.5 Å². The smallest absolute Gasteiger partial charge is 0.274 e. The highest BCUT2D eigenvalue weighted by molar-refractivity contribution is 7.89. The molecule has 3 aromatic rings. The van der Waals surface area contributed by atoms with Crippen LogP contribution in [0.15, 0.2) is 53.4 Å². The molecule has 136 valence electrons. The molecule has 3 N–H and O–H groups in total. The largest absolute Gasteiger partial charge is 0.364 e. The first-order valence-electron chi connectivity index (χ1n) is 7.13. The average Bonchev–Trinajstić information content (AvgIpc) is 3.00. The number of benzene rings is 2. The van der Waals surface area contributed by atoms with Crippen molar-refractivity contribution in [1.29, 1.82) is 0 Å². The Morgan fingerprint density at radius 1 is 1.08 bits per heavy atom. The highest BCUT2D eigenvalue weighted by Gasteiger charge is 2.36. The Balaban J connectivity index is 2.35. The Kier molecular flexibility index (Phi) is 4.78. The third-order valence-corrected chi connectivity index (χ3v) is 5.04. The SMILES string of the molecule is NS(=O)(=O)c1ccccc1-c1n[nH]c(C(F)(F)Cl)c1-c1ccc(Cl)cc1. The number of rotatable bonds is 4. The van der Waals surface area contributed by atoms with Crippen LogP contribution < -0.4 is 5.14 Å². The summed E-state index contributed by atoms with van der Waals surface area (Å²) >= 11 is 11.1. The molecule has 10 heteroatoms. The fourth-order valence-electron chi connectivity index (χ4n) is 2.55. The van der Waals surface area contributed by atoms with Gasteiger partial charge in [0.2, 0.25) is 10.0 Å². The van der Waals surface area contributed by atoms with Crippen LogP contribution in [0.1, 0.15) is 5.69 Å². The molecule has 0 aliphatic rings. The first-order valence-corrected chi connectivity index (χ1v) is 9.43. The number of nitrogens with two attached hydrogens (primary N) is 1. The summed E-state index contributed by atoms with van der Waals surface area (Å²) in [7, 11) is -4.11. The molecule has 0 bridgehead atoms. The molecule has 0 saturated carbocycles. The summed E-state index contributed by atoms with van der Waals surface area (Å²) in [4.78, 5) is -0.244. The molecule has 0 aliphatic heterocycles. The van der Waals surface area contributed by atoms with Crippen LogP contribution in [0.3, 0.4) is 0 Å². The molecule has 0 amide bonds. The van der Waals surface area contributed by atoms with Crippen LogP contribution in [0.25, 0.3) is 22.4 Å². The third kappa shape index (κ3) is 3.59. The van der Waals surface area contributed by atoms with Crippen molar-refractivity contribution < 1.29 is 17.2 Å². The van der Waals surface area contributed by atoms with E-state index in [0.717, 1.165) is 0 Å². The fraction of sp³-hybridized carbons (Fsp3) is 0.0625. The maximum atomic E-state index is 13.9. The van der Waals surface area contributed by atoms with Gasteiger partial charge >= 0.3 is 5.38 Å². The summed E-state index contributed by atoms with van der Waals surface area (Å²) in [6.45, 7) is 0. The van der Waals surface area contributed by atoms with Gasteiger partial charge in [-0.3, -0.25) is 5.10 Å². The maximum Gasteiger partial charge on any atom is 0.364 e. The molecule has 3 rings (SSSR count). The normalized spacial score (nSPS) is 12.3. The molecule has 0 aliphatic carbocycles. The molecular weight excluding hydrogens is 407 g/mol. The summed E-state index contributed by atoms with van der Waals surface area (Å²) in [6, 6.07) is 11.7. The molecule has 0 fully saturated rings. The van der Waals surface area contributed by atoms with E-state index in [-0.39, 0.29) is 21.7 Å². The lowest BCUT2D eigenvalue weighted by molar-refractivity contribution is 0.0905. The highest BCUT2D eigenvalue weighted by Crippen LogP contribution is 2.43. The minimum absolute atomic E-state index is 0.0210. The second kappa shape index (κ2) is 6.62. The molecule has 26 heavy (non-hydrogen) atoms. The number of nitrogens with one attached hydrogen (secondary N) is 1. The Hall–Kier alpha value is -2.00. The number of hydrogen-bond acceptors (Lipinski definition) is 3. The number of hydrogen-bond donors (Lipinski definition) is 2. The molecular formula is C16H11Cl2F2N3O2S. The van der Waals surface area contributed by atoms with E-state index in [4.69, 9.17) is 28.3 Å². The first kappa shape index (κ1) is 18.8. The van der Waals surface area contributed by atoms with Gasteiger partial charge in [0.05, 0.1) is 4.90 Å². The van der Waals surface area contributed by atoms with E-state index >= 15 is 0 Å². The van der Waals surface area contributed by atoms with E-state index in [2.05, 4.69) is 10.2 Å². The van der Waals surface area contributed by atoms with Gasteiger partial charge in [-0.1, -0.05) is 41.9 Å². The molecule has 1 heterocycles. The highest BCUT2D eigenvalue weighted by atomic mass is 35.5. The number of primary sulfonamides is 1. The lowest BCUT2D eigenvalue weighted by Gasteiger charge is -2.12. The van der Waals surface area contributed by atoms with Crippen molar-refractivity contribution in [3.8, 4) is 22.4 Å². The van der Waals surface area contributed by atoms with Crippen molar-refractivity contribution in [2.75, 3.05) is 0 Å². The standard InChI is InChI=1S/C16H11Cl2F2N3O2S/c17-10-7-5-9(6-8-10)13-14(22-23-15(13)16(18,19)20)11-3-1-2-4-12(11)26(21,24)25/h1-8H,(H,22,23)(H2,21,24,25). The van der Waals surface area contributed by atoms with Gasteiger partial charge in [0.25, 0.3) is 0 Å². The second-order valence-corrected chi connectivity index (χ2v) is 7.81. The lowest BCUT2D eigenvalue weighted by Crippen LogP contribution is -2.13. The van der Waals surface area contributed by atoms with Gasteiger partial charge in [0, 0.05) is 16.1 Å². The molecule has 0 atom stereocenters. The molecule has 1 aromatic heterocycles. The molecule has 0 saturated heterocycles. The molecule has 0 radical (unpaired) electrons. The van der Waals surface area contributed by atoms with Crippen LogP contribution in [0.2, 0.25) is 5.02 Å². The summed E-state index contributed by atoms with van der Waals surface area (Å²) < 4.78 is 51.5. The second-order valence-electron chi connectivity index (χ2n) is 5.37. The molecule has 5 nitrogen and oxygen atoms in total. The zero-order valence-electron chi connectivity index (χ0n) is 12.9. The zero-order valence-corrected chi connectivity index (χ0v) is 15.2. The quantitative estimate of drug-likeness (QED) is 0.618. The van der Waals surface area contributed by atoms with Crippen LogP contribution in [-0.2, 0) is 15.4 Å². The van der Waals surface area contributed by atoms with Crippen molar-refractivity contribution in [1.82, 2.24) is 10.2 Å². The predicted molar refractivity (Wildman–Crippen MR) is 95.6 cm³/mol. The van der Waals surface area contributed by atoms with Crippen molar-refractivity contribution in [3.05, 3.63) is 59.2 Å². The number of halogens is 4. The average molecular weight is 418 g/mol. The zero-order chi connectivity index (χ0) is 19.1. The Morgan fingerprint density at radius 3 is 2.27 bits per heavy atom. The van der Waals surface area contributed by atoms with Gasteiger partial charge < -0.3 is 0 Å². The van der Waals surface area contributed by atoms with Crippen molar-refractivity contribution in [2.24, 2.45) is 5.14 Å². The maximum absolute atomic E-state index is 13.9. The summed E-state index contributed by atoms with van der Waals surface area (Å²) in [5, 5.41) is 7.98. The van der Waals surface area contributed by atoms with Gasteiger partial charge in [-0.2, -0.15) is 13.9 Å². The number of H-pyrrole nitrogens is 1. The summed E-state index contributed by atoms with van der Waals surface area (Å²) in [6.07, 6.45) is 0. The minimum Gasteiger partial charge on any atom is -0.274 e. The van der Waals surface area contributed by atoms with Gasteiger partial charge in [0.1, 0.15) is 11.4 Å². The number of alkyl halides is 3. The van der Waals surface area contributed by atoms with Gasteiger partial charge in [-0.15, -0.1) is 0 Å². The van der Waals surface area contributed by atoms with Crippen molar-refractivity contribution >= 4 is 33.2 Å². The number of aromatic nitrogens is 2. The van der Waals surface area contributed by atoms with Crippen molar-refractivity contribution in [3.63, 3.8) is 0 Å². The van der Waals surface area contributed by atoms with Gasteiger partial charge in [-0.25, -0.2) is 13.6 Å². The number of nitrogens with zero attached hydrogens (tertiary/aromatic N) is 1. The van der Waals surface area contributed by atoms with Crippen molar-refractivity contribution in [2.45, 2.75) is 10.3 Å². The number of sulfonamides is 1. The third-order valence-electron chi connectivity index (χ3n) is 3.63. The minimum atomic E-state index is -4.11. The predicted octanol–water partition coefficient (Wildman–Crippen LogP) is 4.33. The van der Waals surface area contributed by atoms with Crippen LogP contribution in [-0.4, -0.2) is 18.6 Å². The monoisotopic (exact) mass is 417 g/mol. The van der Waals surface area contributed by atoms with Crippen LogP contribution in [0, 0.1) is 0 Å². The van der Waals surface area contributed by atoms with Crippen LogP contribution >= 0.6 is 23.2 Å². The van der Waals surface area contributed by atoms with Crippen LogP contribution in [0.5, 0.6) is 0 Å². The number of aromatic amines is 1. The Morgan fingerprint density at radius 2 is 1.69 bits per heavy atom. The lowest BCUT2D eigenvalue weighted by atomic mass is 9.99. The van der Waals surface area contributed by atoms with E-state index in [9.17, 15) is 17.2 Å². The van der Waals surface area contributed by atoms with E-state index in [1.807, 2.05) is 0 Å². The van der Waals surface area contributed by atoms with E-state index < -0.39 is 21.1 Å².